The average Bonchev–Trinajstić information content (AvgIpc) is 3.02. The van der Waals surface area contributed by atoms with Crippen LogP contribution in [0.1, 0.15) is 36.7 Å². The lowest BCUT2D eigenvalue weighted by Gasteiger charge is -2.12. The van der Waals surface area contributed by atoms with Crippen molar-refractivity contribution >= 4 is 24.0 Å². The molecule has 4 nitrogen and oxygen atoms in total. The summed E-state index contributed by atoms with van der Waals surface area (Å²) in [5, 5.41) is 2.94. The maximum absolute atomic E-state index is 11.8. The van der Waals surface area contributed by atoms with Crippen molar-refractivity contribution < 1.29 is 4.79 Å². The van der Waals surface area contributed by atoms with Crippen LogP contribution in [0, 0.1) is 5.92 Å². The lowest BCUT2D eigenvalue weighted by atomic mass is 10.1. The van der Waals surface area contributed by atoms with Gasteiger partial charge < -0.3 is 11.1 Å². The molecular weight excluding hydrogens is 238 g/mol. The summed E-state index contributed by atoms with van der Waals surface area (Å²) in [5.74, 6) is 0.697. The van der Waals surface area contributed by atoms with Gasteiger partial charge in [0.1, 0.15) is 5.69 Å². The van der Waals surface area contributed by atoms with Crippen LogP contribution in [0.5, 0.6) is 0 Å². The number of anilines is 1. The number of pyridine rings is 1. The summed E-state index contributed by atoms with van der Waals surface area (Å²) in [6, 6.07) is 3.56. The monoisotopic (exact) mass is 255 g/mol. The molecule has 0 radical (unpaired) electrons. The standard InChI is InChI=1S/C12H17N3O.ClH/c1-8(6-9-2-3-9)15-12(16)11-5-4-10(13)7-14-11;/h4-5,7-9H,2-3,6,13H2,1H3,(H,15,16);1H. The summed E-state index contributed by atoms with van der Waals surface area (Å²) >= 11 is 0. The highest BCUT2D eigenvalue weighted by molar-refractivity contribution is 5.92. The topological polar surface area (TPSA) is 68.0 Å². The van der Waals surface area contributed by atoms with Crippen LogP contribution in [-0.4, -0.2) is 16.9 Å². The van der Waals surface area contributed by atoms with Gasteiger partial charge in [-0.05, 0) is 31.4 Å². The van der Waals surface area contributed by atoms with E-state index in [4.69, 9.17) is 5.73 Å². The van der Waals surface area contributed by atoms with Gasteiger partial charge in [0, 0.05) is 6.04 Å². The van der Waals surface area contributed by atoms with Crippen LogP contribution in [0.2, 0.25) is 0 Å². The second kappa shape index (κ2) is 5.87. The van der Waals surface area contributed by atoms with Gasteiger partial charge in [-0.1, -0.05) is 12.8 Å². The Labute approximate surface area is 107 Å². The first kappa shape index (κ1) is 13.8. The molecule has 94 valence electrons. The Morgan fingerprint density at radius 3 is 2.82 bits per heavy atom. The zero-order valence-corrected chi connectivity index (χ0v) is 10.7. The molecule has 1 unspecified atom stereocenters. The molecule has 5 heteroatoms. The van der Waals surface area contributed by atoms with Gasteiger partial charge in [-0.25, -0.2) is 4.98 Å². The van der Waals surface area contributed by atoms with Crippen molar-refractivity contribution in [1.82, 2.24) is 10.3 Å². The molecule has 1 fully saturated rings. The van der Waals surface area contributed by atoms with E-state index >= 15 is 0 Å². The summed E-state index contributed by atoms with van der Waals surface area (Å²) in [5.41, 5.74) is 6.51. The van der Waals surface area contributed by atoms with Gasteiger partial charge in [0.05, 0.1) is 11.9 Å². The first-order chi connectivity index (χ1) is 7.65. The van der Waals surface area contributed by atoms with Crippen molar-refractivity contribution in [2.75, 3.05) is 5.73 Å². The van der Waals surface area contributed by atoms with Gasteiger partial charge in [-0.15, -0.1) is 12.4 Å². The number of aromatic nitrogens is 1. The maximum Gasteiger partial charge on any atom is 0.270 e. The fourth-order valence-electron chi connectivity index (χ4n) is 1.75. The van der Waals surface area contributed by atoms with Crippen LogP contribution in [0.3, 0.4) is 0 Å². The van der Waals surface area contributed by atoms with E-state index in [9.17, 15) is 4.79 Å². The SMILES string of the molecule is CC(CC1CC1)NC(=O)c1ccc(N)cn1.Cl. The lowest BCUT2D eigenvalue weighted by Crippen LogP contribution is -2.33. The van der Waals surface area contributed by atoms with E-state index in [-0.39, 0.29) is 24.4 Å². The molecular formula is C12H18ClN3O. The zero-order chi connectivity index (χ0) is 11.5. The number of halogens is 1. The highest BCUT2D eigenvalue weighted by atomic mass is 35.5. The van der Waals surface area contributed by atoms with E-state index in [0.717, 1.165) is 12.3 Å². The highest BCUT2D eigenvalue weighted by Gasteiger charge is 2.24. The van der Waals surface area contributed by atoms with Crippen molar-refractivity contribution in [3.8, 4) is 0 Å². The number of carbonyl (C=O) groups is 1. The number of amides is 1. The summed E-state index contributed by atoms with van der Waals surface area (Å²) in [7, 11) is 0. The number of nitrogens with zero attached hydrogens (tertiary/aromatic N) is 1. The van der Waals surface area contributed by atoms with E-state index in [2.05, 4.69) is 10.3 Å². The molecule has 1 atom stereocenters. The molecule has 0 bridgehead atoms. The minimum Gasteiger partial charge on any atom is -0.397 e. The van der Waals surface area contributed by atoms with Crippen LogP contribution < -0.4 is 11.1 Å². The molecule has 17 heavy (non-hydrogen) atoms. The van der Waals surface area contributed by atoms with Crippen molar-refractivity contribution in [2.24, 2.45) is 5.92 Å². The second-order valence-electron chi connectivity index (χ2n) is 4.53. The van der Waals surface area contributed by atoms with Gasteiger partial charge in [0.25, 0.3) is 5.91 Å². The summed E-state index contributed by atoms with van der Waals surface area (Å²) in [4.78, 5) is 15.7. The summed E-state index contributed by atoms with van der Waals surface area (Å²) < 4.78 is 0. The third-order valence-electron chi connectivity index (χ3n) is 2.78. The van der Waals surface area contributed by atoms with Crippen LogP contribution in [0.15, 0.2) is 18.3 Å². The molecule has 1 aliphatic carbocycles. The average molecular weight is 256 g/mol. The van der Waals surface area contributed by atoms with Gasteiger partial charge in [0.15, 0.2) is 0 Å². The molecule has 1 aromatic heterocycles. The Bertz CT molecular complexity index is 376. The molecule has 0 saturated heterocycles. The summed E-state index contributed by atoms with van der Waals surface area (Å²) in [6.45, 7) is 2.04. The van der Waals surface area contributed by atoms with Crippen LogP contribution in [0.25, 0.3) is 0 Å². The van der Waals surface area contributed by atoms with E-state index in [1.54, 1.807) is 12.1 Å². The smallest absolute Gasteiger partial charge is 0.270 e. The van der Waals surface area contributed by atoms with Crippen molar-refractivity contribution in [3.63, 3.8) is 0 Å². The number of nitrogens with one attached hydrogen (secondary N) is 1. The normalized spacial score (nSPS) is 15.8. The van der Waals surface area contributed by atoms with Crippen molar-refractivity contribution in [1.29, 1.82) is 0 Å². The van der Waals surface area contributed by atoms with E-state index in [1.165, 1.54) is 19.0 Å². The first-order valence-corrected chi connectivity index (χ1v) is 5.67. The quantitative estimate of drug-likeness (QED) is 0.865. The van der Waals surface area contributed by atoms with Gasteiger partial charge >= 0.3 is 0 Å². The van der Waals surface area contributed by atoms with E-state index < -0.39 is 0 Å². The fourth-order valence-corrected chi connectivity index (χ4v) is 1.75. The third-order valence-corrected chi connectivity index (χ3v) is 2.78. The zero-order valence-electron chi connectivity index (χ0n) is 9.85. The predicted octanol–water partition coefficient (Wildman–Crippen LogP) is 2.00. The van der Waals surface area contributed by atoms with Gasteiger partial charge in [-0.3, -0.25) is 4.79 Å². The van der Waals surface area contributed by atoms with Gasteiger partial charge in [-0.2, -0.15) is 0 Å². The molecule has 0 aromatic carbocycles. The van der Waals surface area contributed by atoms with E-state index in [1.807, 2.05) is 6.92 Å². The molecule has 1 amide bonds. The Morgan fingerprint density at radius 2 is 2.29 bits per heavy atom. The van der Waals surface area contributed by atoms with Crippen LogP contribution >= 0.6 is 12.4 Å². The molecule has 3 N–H and O–H groups in total. The maximum atomic E-state index is 11.8. The third kappa shape index (κ3) is 4.23. The lowest BCUT2D eigenvalue weighted by molar-refractivity contribution is 0.0932. The minimum atomic E-state index is -0.117. The molecule has 1 heterocycles. The number of nitrogen functional groups attached to an aromatic ring is 1. The molecule has 0 aliphatic heterocycles. The second-order valence-corrected chi connectivity index (χ2v) is 4.53. The molecule has 1 aromatic rings. The molecule has 2 rings (SSSR count). The number of hydrogen-bond donors (Lipinski definition) is 2. The minimum absolute atomic E-state index is 0. The van der Waals surface area contributed by atoms with Crippen molar-refractivity contribution in [2.45, 2.75) is 32.2 Å². The van der Waals surface area contributed by atoms with Crippen molar-refractivity contribution in [3.05, 3.63) is 24.0 Å². The highest BCUT2D eigenvalue weighted by Crippen LogP contribution is 2.33. The number of rotatable bonds is 4. The Kier molecular flexibility index (Phi) is 4.75. The molecule has 1 saturated carbocycles. The Morgan fingerprint density at radius 1 is 1.59 bits per heavy atom. The number of hydrogen-bond acceptors (Lipinski definition) is 3. The predicted molar refractivity (Wildman–Crippen MR) is 70.2 cm³/mol. The van der Waals surface area contributed by atoms with Crippen LogP contribution in [-0.2, 0) is 0 Å². The number of nitrogens with two attached hydrogens (primary N) is 1. The first-order valence-electron chi connectivity index (χ1n) is 5.67. The molecule has 0 spiro atoms. The molecule has 1 aliphatic rings. The Balaban J connectivity index is 0.00000144. The fraction of sp³-hybridized carbons (Fsp3) is 0.500. The number of carbonyl (C=O) groups excluding carboxylic acids is 1. The van der Waals surface area contributed by atoms with Crippen LogP contribution in [0.4, 0.5) is 5.69 Å². The summed E-state index contributed by atoms with van der Waals surface area (Å²) in [6.07, 6.45) is 5.18. The largest absolute Gasteiger partial charge is 0.397 e. The van der Waals surface area contributed by atoms with E-state index in [0.29, 0.717) is 11.4 Å². The Hall–Kier alpha value is -1.29. The van der Waals surface area contributed by atoms with Gasteiger partial charge in [0.2, 0.25) is 0 Å².